The van der Waals surface area contributed by atoms with Crippen LogP contribution in [0.3, 0.4) is 0 Å². The Morgan fingerprint density at radius 1 is 0.909 bits per heavy atom. The Morgan fingerprint density at radius 3 is 2.32 bits per heavy atom. The second kappa shape index (κ2) is 6.32. The molecule has 3 nitrogen and oxygen atoms in total. The van der Waals surface area contributed by atoms with E-state index in [2.05, 4.69) is 18.7 Å². The van der Waals surface area contributed by atoms with E-state index in [4.69, 9.17) is 4.74 Å². The van der Waals surface area contributed by atoms with Crippen molar-refractivity contribution in [1.29, 1.82) is 0 Å². The molecule has 0 heterocycles. The van der Waals surface area contributed by atoms with E-state index in [1.807, 2.05) is 42.5 Å². The molecule has 1 aliphatic rings. The highest BCUT2D eigenvalue weighted by atomic mass is 16.5. The third kappa shape index (κ3) is 2.53. The maximum Gasteiger partial charge on any atom is 0.198 e. The van der Waals surface area contributed by atoms with Crippen LogP contribution in [0.4, 0.5) is 0 Å². The molecule has 0 atom stereocenters. The van der Waals surface area contributed by atoms with Crippen LogP contribution in [-0.2, 0) is 0 Å². The molecule has 2 aromatic carbocycles. The van der Waals surface area contributed by atoms with E-state index in [1.54, 1.807) is 0 Å². The van der Waals surface area contributed by atoms with Gasteiger partial charge in [0, 0.05) is 12.1 Å². The minimum Gasteiger partial charge on any atom is -0.491 e. The summed E-state index contributed by atoms with van der Waals surface area (Å²) >= 11 is 0. The zero-order valence-electron chi connectivity index (χ0n) is 13.1. The first-order valence-electron chi connectivity index (χ1n) is 7.88. The maximum atomic E-state index is 12.6. The molecule has 0 radical (unpaired) electrons. The number of nitrogens with zero attached hydrogens (tertiary/aromatic N) is 1. The Labute approximate surface area is 131 Å². The number of carbonyl (C=O) groups excluding carboxylic acids is 1. The molecule has 0 aromatic heterocycles. The number of hydrogen-bond donors (Lipinski definition) is 0. The van der Waals surface area contributed by atoms with E-state index in [-0.39, 0.29) is 5.78 Å². The van der Waals surface area contributed by atoms with Crippen molar-refractivity contribution < 1.29 is 9.53 Å². The van der Waals surface area contributed by atoms with E-state index in [9.17, 15) is 4.79 Å². The first kappa shape index (κ1) is 14.8. The summed E-state index contributed by atoms with van der Waals surface area (Å²) in [6.07, 6.45) is 0. The highest BCUT2D eigenvalue weighted by Gasteiger charge is 2.29. The predicted octanol–water partition coefficient (Wildman–Crippen LogP) is 3.62. The number of ether oxygens (including phenoxy) is 1. The summed E-state index contributed by atoms with van der Waals surface area (Å²) in [5.41, 5.74) is 3.48. The van der Waals surface area contributed by atoms with Gasteiger partial charge in [-0.2, -0.15) is 0 Å². The number of likely N-dealkylation sites (N-methyl/N-ethyl adjacent to an activating group) is 1. The van der Waals surface area contributed by atoms with Crippen LogP contribution in [0.25, 0.3) is 11.1 Å². The fourth-order valence-corrected chi connectivity index (χ4v) is 2.99. The van der Waals surface area contributed by atoms with Gasteiger partial charge < -0.3 is 9.64 Å². The van der Waals surface area contributed by atoms with Crippen molar-refractivity contribution in [2.45, 2.75) is 13.8 Å². The number of fused-ring (bicyclic) bond motifs is 3. The number of benzene rings is 2. The van der Waals surface area contributed by atoms with Gasteiger partial charge in [-0.3, -0.25) is 4.79 Å². The van der Waals surface area contributed by atoms with Crippen molar-refractivity contribution in [2.24, 2.45) is 0 Å². The molecule has 0 spiro atoms. The molecular formula is C19H21NO2. The van der Waals surface area contributed by atoms with Crippen molar-refractivity contribution in [1.82, 2.24) is 4.90 Å². The van der Waals surface area contributed by atoms with Crippen molar-refractivity contribution in [3.8, 4) is 16.9 Å². The molecule has 22 heavy (non-hydrogen) atoms. The average Bonchev–Trinajstić information content (AvgIpc) is 2.86. The lowest BCUT2D eigenvalue weighted by Crippen LogP contribution is -2.28. The molecule has 0 saturated heterocycles. The third-order valence-electron chi connectivity index (χ3n) is 4.27. The summed E-state index contributed by atoms with van der Waals surface area (Å²) < 4.78 is 5.92. The second-order valence-electron chi connectivity index (χ2n) is 5.43. The lowest BCUT2D eigenvalue weighted by molar-refractivity contribution is 0.103. The lowest BCUT2D eigenvalue weighted by atomic mass is 10.1. The third-order valence-corrected chi connectivity index (χ3v) is 4.27. The van der Waals surface area contributed by atoms with Gasteiger partial charge in [0.2, 0.25) is 0 Å². The van der Waals surface area contributed by atoms with Crippen LogP contribution in [0.2, 0.25) is 0 Å². The molecule has 0 saturated carbocycles. The fourth-order valence-electron chi connectivity index (χ4n) is 2.99. The van der Waals surface area contributed by atoms with Gasteiger partial charge in [-0.1, -0.05) is 50.2 Å². The maximum absolute atomic E-state index is 12.6. The highest BCUT2D eigenvalue weighted by Crippen LogP contribution is 2.40. The van der Waals surface area contributed by atoms with Gasteiger partial charge in [-0.15, -0.1) is 0 Å². The first-order valence-corrected chi connectivity index (χ1v) is 7.88. The van der Waals surface area contributed by atoms with E-state index in [0.29, 0.717) is 17.9 Å². The minimum atomic E-state index is 0.0732. The van der Waals surface area contributed by atoms with Crippen molar-refractivity contribution >= 4 is 5.78 Å². The standard InChI is InChI=1S/C19H21NO2/c1-3-20(4-2)12-13-22-17-11-7-10-15-14-8-5-6-9-16(14)19(21)18(15)17/h5-11H,3-4,12-13H2,1-2H3. The average molecular weight is 295 g/mol. The molecule has 1 aliphatic carbocycles. The molecule has 3 heteroatoms. The summed E-state index contributed by atoms with van der Waals surface area (Å²) in [7, 11) is 0. The smallest absolute Gasteiger partial charge is 0.198 e. The molecule has 114 valence electrons. The SMILES string of the molecule is CCN(CC)CCOc1cccc2c1C(=O)c1ccccc1-2. The predicted molar refractivity (Wildman–Crippen MR) is 88.6 cm³/mol. The number of ketones is 1. The Bertz CT molecular complexity index is 690. The summed E-state index contributed by atoms with van der Waals surface area (Å²) in [5.74, 6) is 0.773. The van der Waals surface area contributed by atoms with Crippen LogP contribution in [0.5, 0.6) is 5.75 Å². The topological polar surface area (TPSA) is 29.5 Å². The van der Waals surface area contributed by atoms with Gasteiger partial charge in [0.05, 0.1) is 5.56 Å². The Kier molecular flexibility index (Phi) is 4.25. The van der Waals surface area contributed by atoms with Crippen LogP contribution in [0.15, 0.2) is 42.5 Å². The number of carbonyl (C=O) groups is 1. The quantitative estimate of drug-likeness (QED) is 0.695. The molecule has 0 N–H and O–H groups in total. The van der Waals surface area contributed by atoms with Crippen molar-refractivity contribution in [2.75, 3.05) is 26.2 Å². The van der Waals surface area contributed by atoms with Crippen LogP contribution in [0.1, 0.15) is 29.8 Å². The Morgan fingerprint density at radius 2 is 1.59 bits per heavy atom. The van der Waals surface area contributed by atoms with Gasteiger partial charge in [0.15, 0.2) is 5.78 Å². The van der Waals surface area contributed by atoms with Crippen LogP contribution in [-0.4, -0.2) is 36.9 Å². The Balaban J connectivity index is 1.83. The molecule has 0 bridgehead atoms. The van der Waals surface area contributed by atoms with Crippen molar-refractivity contribution in [3.05, 3.63) is 53.6 Å². The second-order valence-corrected chi connectivity index (χ2v) is 5.43. The molecule has 0 aliphatic heterocycles. The monoisotopic (exact) mass is 295 g/mol. The van der Waals surface area contributed by atoms with E-state index in [0.717, 1.165) is 36.3 Å². The number of hydrogen-bond acceptors (Lipinski definition) is 3. The van der Waals surface area contributed by atoms with Crippen LogP contribution in [0, 0.1) is 0 Å². The van der Waals surface area contributed by atoms with Crippen LogP contribution >= 0.6 is 0 Å². The molecule has 0 fully saturated rings. The van der Waals surface area contributed by atoms with E-state index in [1.165, 1.54) is 0 Å². The van der Waals surface area contributed by atoms with Crippen molar-refractivity contribution in [3.63, 3.8) is 0 Å². The van der Waals surface area contributed by atoms with Gasteiger partial charge in [-0.25, -0.2) is 0 Å². The zero-order chi connectivity index (χ0) is 15.5. The van der Waals surface area contributed by atoms with Gasteiger partial charge >= 0.3 is 0 Å². The lowest BCUT2D eigenvalue weighted by Gasteiger charge is -2.18. The largest absolute Gasteiger partial charge is 0.491 e. The fraction of sp³-hybridized carbons (Fsp3) is 0.316. The van der Waals surface area contributed by atoms with Crippen LogP contribution < -0.4 is 4.74 Å². The molecule has 3 rings (SSSR count). The minimum absolute atomic E-state index is 0.0732. The van der Waals surface area contributed by atoms with Gasteiger partial charge in [0.25, 0.3) is 0 Å². The summed E-state index contributed by atoms with van der Waals surface area (Å²) in [6.45, 7) is 7.78. The summed E-state index contributed by atoms with van der Waals surface area (Å²) in [5, 5.41) is 0. The summed E-state index contributed by atoms with van der Waals surface area (Å²) in [4.78, 5) is 14.9. The molecule has 0 amide bonds. The van der Waals surface area contributed by atoms with Gasteiger partial charge in [-0.05, 0) is 30.3 Å². The van der Waals surface area contributed by atoms with E-state index < -0.39 is 0 Å². The zero-order valence-corrected chi connectivity index (χ0v) is 13.1. The van der Waals surface area contributed by atoms with Gasteiger partial charge in [0.1, 0.15) is 12.4 Å². The molecular weight excluding hydrogens is 274 g/mol. The summed E-state index contributed by atoms with van der Waals surface area (Å²) in [6, 6.07) is 13.6. The molecule has 2 aromatic rings. The molecule has 0 unspecified atom stereocenters. The normalized spacial score (nSPS) is 12.4. The van der Waals surface area contributed by atoms with E-state index >= 15 is 0 Å². The number of rotatable bonds is 6. The Hall–Kier alpha value is -2.13. The first-order chi connectivity index (χ1) is 10.8. The highest BCUT2D eigenvalue weighted by molar-refractivity contribution is 6.23.